The largest absolute Gasteiger partial charge is 0.413 e. The third-order valence-corrected chi connectivity index (χ3v) is 3.16. The van der Waals surface area contributed by atoms with Gasteiger partial charge in [-0.15, -0.1) is 0 Å². The van der Waals surface area contributed by atoms with Crippen LogP contribution in [0, 0.1) is 0 Å². The zero-order chi connectivity index (χ0) is 12.4. The topological polar surface area (TPSA) is 0 Å². The molecule has 0 saturated carbocycles. The molecule has 0 unspecified atom stereocenters. The molecule has 0 heterocycles. The molecule has 0 nitrogen and oxygen atoms in total. The molecular weight excluding hydrogens is 222 g/mol. The number of halogens is 1. The fourth-order valence-corrected chi connectivity index (χ4v) is 2.18. The van der Waals surface area contributed by atoms with Gasteiger partial charge in [0.05, 0.1) is 0 Å². The van der Waals surface area contributed by atoms with E-state index in [1.165, 1.54) is 0 Å². The van der Waals surface area contributed by atoms with Gasteiger partial charge in [-0.25, -0.2) is 0 Å². The molecule has 3 rings (SSSR count). The van der Waals surface area contributed by atoms with Crippen LogP contribution in [0.3, 0.4) is 0 Å². The predicted octanol–water partition coefficient (Wildman–Crippen LogP) is 2.92. The van der Waals surface area contributed by atoms with Crippen LogP contribution in [-0.2, 0) is 0 Å². The number of fused-ring (bicyclic) bond motifs is 1. The summed E-state index contributed by atoms with van der Waals surface area (Å²) in [4.78, 5) is 0. The molecule has 18 heavy (non-hydrogen) atoms. The zero-order valence-electron chi connectivity index (χ0n) is 9.88. The maximum atomic E-state index is 14.4. The first-order valence-corrected chi connectivity index (χ1v) is 6.02. The molecule has 0 spiro atoms. The molecular formula is C16H12BF. The van der Waals surface area contributed by atoms with Crippen molar-refractivity contribution in [2.75, 3.05) is 0 Å². The van der Waals surface area contributed by atoms with Gasteiger partial charge in [0.15, 0.2) is 0 Å². The molecule has 0 saturated heterocycles. The van der Waals surface area contributed by atoms with Gasteiger partial charge in [0, 0.05) is 0 Å². The normalized spacial score (nSPS) is 10.5. The van der Waals surface area contributed by atoms with Gasteiger partial charge >= 0.3 is 6.99 Å². The maximum absolute atomic E-state index is 14.4. The van der Waals surface area contributed by atoms with Gasteiger partial charge in [-0.2, -0.15) is 0 Å². The van der Waals surface area contributed by atoms with E-state index >= 15 is 0 Å². The molecule has 0 aliphatic rings. The van der Waals surface area contributed by atoms with Crippen LogP contribution in [0.15, 0.2) is 72.8 Å². The van der Waals surface area contributed by atoms with Gasteiger partial charge in [0.2, 0.25) is 0 Å². The van der Waals surface area contributed by atoms with E-state index in [-0.39, 0.29) is 0 Å². The van der Waals surface area contributed by atoms with Gasteiger partial charge in [-0.1, -0.05) is 72.8 Å². The molecule has 3 aromatic rings. The number of hydrogen-bond donors (Lipinski definition) is 0. The minimum Gasteiger partial charge on any atom is -0.322 e. The van der Waals surface area contributed by atoms with Gasteiger partial charge in [-0.05, 0) is 21.7 Å². The van der Waals surface area contributed by atoms with E-state index < -0.39 is 6.99 Å². The van der Waals surface area contributed by atoms with Crippen molar-refractivity contribution in [1.29, 1.82) is 0 Å². The summed E-state index contributed by atoms with van der Waals surface area (Å²) in [5.41, 5.74) is 1.41. The van der Waals surface area contributed by atoms with E-state index in [4.69, 9.17) is 0 Å². The standard InChI is InChI=1S/C16H12BF/c18-17(15-8-2-1-3-9-15)16-11-10-13-6-4-5-7-14(13)12-16/h1-12H. The Morgan fingerprint density at radius 2 is 1.28 bits per heavy atom. The summed E-state index contributed by atoms with van der Waals surface area (Å²) in [5, 5.41) is 2.22. The summed E-state index contributed by atoms with van der Waals surface area (Å²) in [6.45, 7) is -1.06. The Labute approximate surface area is 106 Å². The van der Waals surface area contributed by atoms with Crippen molar-refractivity contribution >= 4 is 28.7 Å². The van der Waals surface area contributed by atoms with Crippen LogP contribution in [0.25, 0.3) is 10.8 Å². The summed E-state index contributed by atoms with van der Waals surface area (Å²) < 4.78 is 14.4. The quantitative estimate of drug-likeness (QED) is 0.598. The second-order valence-electron chi connectivity index (χ2n) is 4.38. The molecule has 2 heteroatoms. The fourth-order valence-electron chi connectivity index (χ4n) is 2.18. The van der Waals surface area contributed by atoms with E-state index in [0.29, 0.717) is 10.9 Å². The summed E-state index contributed by atoms with van der Waals surface area (Å²) in [6, 6.07) is 23.0. The Kier molecular flexibility index (Phi) is 2.85. The van der Waals surface area contributed by atoms with Crippen LogP contribution < -0.4 is 10.9 Å². The SMILES string of the molecule is FB(c1ccccc1)c1ccc2ccccc2c1. The number of hydrogen-bond acceptors (Lipinski definition) is 0. The molecule has 0 atom stereocenters. The van der Waals surface area contributed by atoms with Crippen molar-refractivity contribution in [2.24, 2.45) is 0 Å². The van der Waals surface area contributed by atoms with Crippen molar-refractivity contribution < 1.29 is 4.32 Å². The van der Waals surface area contributed by atoms with Gasteiger partial charge in [0.1, 0.15) is 0 Å². The van der Waals surface area contributed by atoms with Gasteiger partial charge in [-0.3, -0.25) is 0 Å². The first-order chi connectivity index (χ1) is 8.84. The molecule has 0 aliphatic carbocycles. The lowest BCUT2D eigenvalue weighted by Gasteiger charge is -2.06. The van der Waals surface area contributed by atoms with Crippen molar-refractivity contribution in [3.8, 4) is 0 Å². The second kappa shape index (κ2) is 4.65. The molecule has 0 amide bonds. The molecule has 0 aliphatic heterocycles. The monoisotopic (exact) mass is 234 g/mol. The third-order valence-electron chi connectivity index (χ3n) is 3.16. The summed E-state index contributed by atoms with van der Waals surface area (Å²) in [6.07, 6.45) is 0. The molecule has 3 aromatic carbocycles. The second-order valence-corrected chi connectivity index (χ2v) is 4.38. The molecule has 86 valence electrons. The van der Waals surface area contributed by atoms with E-state index in [1.54, 1.807) is 0 Å². The summed E-state index contributed by atoms with van der Waals surface area (Å²) in [7, 11) is 0. The highest BCUT2D eigenvalue weighted by molar-refractivity contribution is 6.79. The minimum atomic E-state index is -1.06. The van der Waals surface area contributed by atoms with Crippen LogP contribution in [0.1, 0.15) is 0 Å². The Morgan fingerprint density at radius 3 is 2.06 bits per heavy atom. The lowest BCUT2D eigenvalue weighted by atomic mass is 9.58. The van der Waals surface area contributed by atoms with Gasteiger partial charge in [0.25, 0.3) is 0 Å². The van der Waals surface area contributed by atoms with E-state index in [1.807, 2.05) is 72.8 Å². The average molecular weight is 234 g/mol. The maximum Gasteiger partial charge on any atom is 0.413 e. The Hall–Kier alpha value is -2.09. The number of benzene rings is 3. The van der Waals surface area contributed by atoms with E-state index in [0.717, 1.165) is 10.8 Å². The Balaban J connectivity index is 2.04. The van der Waals surface area contributed by atoms with Crippen molar-refractivity contribution in [2.45, 2.75) is 0 Å². The Bertz CT molecular complexity index is 664. The molecule has 0 bridgehead atoms. The first kappa shape index (κ1) is 11.0. The van der Waals surface area contributed by atoms with Crippen LogP contribution in [-0.4, -0.2) is 6.99 Å². The highest BCUT2D eigenvalue weighted by atomic mass is 19.1. The first-order valence-electron chi connectivity index (χ1n) is 6.02. The predicted molar refractivity (Wildman–Crippen MR) is 76.5 cm³/mol. The average Bonchev–Trinajstić information content (AvgIpc) is 2.47. The lowest BCUT2D eigenvalue weighted by molar-refractivity contribution is 0.865. The highest BCUT2D eigenvalue weighted by Crippen LogP contribution is 2.11. The van der Waals surface area contributed by atoms with Crippen molar-refractivity contribution in [3.05, 3.63) is 72.8 Å². The molecule has 0 N–H and O–H groups in total. The summed E-state index contributed by atoms with van der Waals surface area (Å²) in [5.74, 6) is 0. The molecule has 0 fully saturated rings. The smallest absolute Gasteiger partial charge is 0.322 e. The van der Waals surface area contributed by atoms with E-state index in [2.05, 4.69) is 0 Å². The fraction of sp³-hybridized carbons (Fsp3) is 0. The van der Waals surface area contributed by atoms with Crippen LogP contribution >= 0.6 is 0 Å². The minimum absolute atomic E-state index is 0.702. The van der Waals surface area contributed by atoms with Crippen LogP contribution in [0.2, 0.25) is 0 Å². The third kappa shape index (κ3) is 2.02. The van der Waals surface area contributed by atoms with Crippen LogP contribution in [0.4, 0.5) is 4.32 Å². The summed E-state index contributed by atoms with van der Waals surface area (Å²) >= 11 is 0. The van der Waals surface area contributed by atoms with E-state index in [9.17, 15) is 4.32 Å². The number of rotatable bonds is 2. The highest BCUT2D eigenvalue weighted by Gasteiger charge is 2.19. The van der Waals surface area contributed by atoms with Crippen molar-refractivity contribution in [1.82, 2.24) is 0 Å². The van der Waals surface area contributed by atoms with Gasteiger partial charge < -0.3 is 4.32 Å². The van der Waals surface area contributed by atoms with Crippen LogP contribution in [0.5, 0.6) is 0 Å². The lowest BCUT2D eigenvalue weighted by Crippen LogP contribution is -2.37. The van der Waals surface area contributed by atoms with Crippen molar-refractivity contribution in [3.63, 3.8) is 0 Å². The Morgan fingerprint density at radius 1 is 0.611 bits per heavy atom. The zero-order valence-corrected chi connectivity index (χ0v) is 9.88. The molecule has 0 aromatic heterocycles. The molecule has 0 radical (unpaired) electrons.